The number of carbonyl (C=O) groups excluding carboxylic acids is 1. The van der Waals surface area contributed by atoms with Crippen LogP contribution in [0.4, 0.5) is 0 Å². The van der Waals surface area contributed by atoms with Crippen molar-refractivity contribution in [2.75, 3.05) is 0 Å². The summed E-state index contributed by atoms with van der Waals surface area (Å²) in [5.74, 6) is -0.140. The SMILES string of the molecule is CC(NC(=O)c1cn(Cc2ccccc2)nc1-c1cccnc1)c1cccs1. The number of nitrogens with one attached hydrogen (secondary N) is 1. The smallest absolute Gasteiger partial charge is 0.255 e. The fourth-order valence-corrected chi connectivity index (χ4v) is 3.77. The number of hydrogen-bond donors (Lipinski definition) is 1. The van der Waals surface area contributed by atoms with Crippen LogP contribution in [0.3, 0.4) is 0 Å². The van der Waals surface area contributed by atoms with Gasteiger partial charge in [0.25, 0.3) is 5.91 Å². The molecule has 1 unspecified atom stereocenters. The number of aromatic nitrogens is 3. The van der Waals surface area contributed by atoms with Gasteiger partial charge in [0.2, 0.25) is 0 Å². The van der Waals surface area contributed by atoms with Crippen molar-refractivity contribution >= 4 is 17.2 Å². The lowest BCUT2D eigenvalue weighted by atomic mass is 10.1. The Hall–Kier alpha value is -3.25. The summed E-state index contributed by atoms with van der Waals surface area (Å²) < 4.78 is 1.81. The molecule has 4 aromatic rings. The first-order chi connectivity index (χ1) is 13.7. The molecule has 0 radical (unpaired) electrons. The third-order valence-corrected chi connectivity index (χ3v) is 5.50. The third-order valence-electron chi connectivity index (χ3n) is 4.45. The fourth-order valence-electron chi connectivity index (χ4n) is 3.04. The fraction of sp³-hybridized carbons (Fsp3) is 0.136. The predicted octanol–water partition coefficient (Wildman–Crippen LogP) is 4.55. The molecule has 5 nitrogen and oxygen atoms in total. The van der Waals surface area contributed by atoms with E-state index < -0.39 is 0 Å². The van der Waals surface area contributed by atoms with E-state index in [1.807, 2.05) is 77.8 Å². The summed E-state index contributed by atoms with van der Waals surface area (Å²) in [7, 11) is 0. The van der Waals surface area contributed by atoms with Crippen LogP contribution in [0, 0.1) is 0 Å². The lowest BCUT2D eigenvalue weighted by molar-refractivity contribution is 0.0941. The van der Waals surface area contributed by atoms with Crippen LogP contribution in [-0.4, -0.2) is 20.7 Å². The molecule has 1 aromatic carbocycles. The molecule has 0 bridgehead atoms. The van der Waals surface area contributed by atoms with Gasteiger partial charge >= 0.3 is 0 Å². The average molecular weight is 388 g/mol. The molecule has 0 spiro atoms. The van der Waals surface area contributed by atoms with Gasteiger partial charge in [0, 0.05) is 29.0 Å². The highest BCUT2D eigenvalue weighted by atomic mass is 32.1. The topological polar surface area (TPSA) is 59.8 Å². The highest BCUT2D eigenvalue weighted by Gasteiger charge is 2.20. The summed E-state index contributed by atoms with van der Waals surface area (Å²) in [4.78, 5) is 18.3. The number of rotatable bonds is 6. The van der Waals surface area contributed by atoms with Gasteiger partial charge in [0.05, 0.1) is 18.2 Å². The quantitative estimate of drug-likeness (QED) is 0.527. The number of benzene rings is 1. The standard InChI is InChI=1S/C22H20N4OS/c1-16(20-10-6-12-28-20)24-22(27)19-15-26(14-17-7-3-2-4-8-17)25-21(19)18-9-5-11-23-13-18/h2-13,15-16H,14H2,1H3,(H,24,27). The van der Waals surface area contributed by atoms with E-state index in [0.29, 0.717) is 17.8 Å². The maximum Gasteiger partial charge on any atom is 0.255 e. The van der Waals surface area contributed by atoms with Crippen LogP contribution in [0.15, 0.2) is 78.6 Å². The molecular formula is C22H20N4OS. The van der Waals surface area contributed by atoms with Crippen molar-refractivity contribution in [3.05, 3.63) is 94.6 Å². The van der Waals surface area contributed by atoms with Crippen LogP contribution in [0.1, 0.15) is 33.8 Å². The number of carbonyl (C=O) groups is 1. The van der Waals surface area contributed by atoms with Crippen molar-refractivity contribution in [2.45, 2.75) is 19.5 Å². The average Bonchev–Trinajstić information content (AvgIpc) is 3.40. The van der Waals surface area contributed by atoms with E-state index in [2.05, 4.69) is 15.4 Å². The first-order valence-electron chi connectivity index (χ1n) is 9.07. The van der Waals surface area contributed by atoms with Crippen molar-refractivity contribution in [1.29, 1.82) is 0 Å². The second-order valence-electron chi connectivity index (χ2n) is 6.53. The summed E-state index contributed by atoms with van der Waals surface area (Å²) >= 11 is 1.63. The number of nitrogens with zero attached hydrogens (tertiary/aromatic N) is 3. The van der Waals surface area contributed by atoms with Crippen LogP contribution in [0.25, 0.3) is 11.3 Å². The summed E-state index contributed by atoms with van der Waals surface area (Å²) in [5.41, 5.74) is 3.14. The molecule has 0 aliphatic rings. The first-order valence-corrected chi connectivity index (χ1v) is 9.95. The Labute approximate surface area is 167 Å². The van der Waals surface area contributed by atoms with Crippen molar-refractivity contribution in [3.63, 3.8) is 0 Å². The number of thiophene rings is 1. The minimum absolute atomic E-state index is 0.0632. The molecule has 0 aliphatic carbocycles. The van der Waals surface area contributed by atoms with E-state index >= 15 is 0 Å². The van der Waals surface area contributed by atoms with Crippen LogP contribution in [-0.2, 0) is 6.54 Å². The predicted molar refractivity (Wildman–Crippen MR) is 111 cm³/mol. The maximum atomic E-state index is 13.0. The van der Waals surface area contributed by atoms with Crippen molar-refractivity contribution in [3.8, 4) is 11.3 Å². The highest BCUT2D eigenvalue weighted by Crippen LogP contribution is 2.24. The van der Waals surface area contributed by atoms with Crippen molar-refractivity contribution in [1.82, 2.24) is 20.1 Å². The molecule has 140 valence electrons. The molecule has 1 atom stereocenters. The van der Waals surface area contributed by atoms with E-state index in [1.54, 1.807) is 23.7 Å². The molecular weight excluding hydrogens is 368 g/mol. The molecule has 3 heterocycles. The van der Waals surface area contributed by atoms with E-state index in [-0.39, 0.29) is 11.9 Å². The Morgan fingerprint density at radius 2 is 2.00 bits per heavy atom. The third kappa shape index (κ3) is 4.02. The molecule has 0 fully saturated rings. The molecule has 0 aliphatic heterocycles. The zero-order valence-electron chi connectivity index (χ0n) is 15.4. The minimum Gasteiger partial charge on any atom is -0.345 e. The minimum atomic E-state index is -0.140. The summed E-state index contributed by atoms with van der Waals surface area (Å²) in [5, 5.41) is 9.78. The first kappa shape index (κ1) is 18.1. The monoisotopic (exact) mass is 388 g/mol. The molecule has 6 heteroatoms. The van der Waals surface area contributed by atoms with Gasteiger partial charge in [0.15, 0.2) is 0 Å². The maximum absolute atomic E-state index is 13.0. The largest absolute Gasteiger partial charge is 0.345 e. The van der Waals surface area contributed by atoms with Gasteiger partial charge in [-0.3, -0.25) is 14.5 Å². The van der Waals surface area contributed by atoms with Crippen LogP contribution in [0.2, 0.25) is 0 Å². The Morgan fingerprint density at radius 1 is 1.14 bits per heavy atom. The molecule has 4 rings (SSSR count). The summed E-state index contributed by atoms with van der Waals surface area (Å²) in [6.45, 7) is 2.59. The molecule has 1 N–H and O–H groups in total. The molecule has 3 aromatic heterocycles. The lowest BCUT2D eigenvalue weighted by Crippen LogP contribution is -2.26. The van der Waals surface area contributed by atoms with Gasteiger partial charge in [-0.15, -0.1) is 11.3 Å². The van der Waals surface area contributed by atoms with Gasteiger partial charge in [-0.1, -0.05) is 36.4 Å². The number of amides is 1. The van der Waals surface area contributed by atoms with Crippen molar-refractivity contribution in [2.24, 2.45) is 0 Å². The second-order valence-corrected chi connectivity index (χ2v) is 7.51. The van der Waals surface area contributed by atoms with Crippen molar-refractivity contribution < 1.29 is 4.79 Å². The normalized spacial score (nSPS) is 11.9. The molecule has 28 heavy (non-hydrogen) atoms. The van der Waals surface area contributed by atoms with Crippen LogP contribution in [0.5, 0.6) is 0 Å². The molecule has 0 saturated carbocycles. The van der Waals surface area contributed by atoms with E-state index in [4.69, 9.17) is 0 Å². The zero-order valence-corrected chi connectivity index (χ0v) is 16.3. The molecule has 1 amide bonds. The lowest BCUT2D eigenvalue weighted by Gasteiger charge is -2.12. The van der Waals surface area contributed by atoms with Gasteiger partial charge in [-0.05, 0) is 36.1 Å². The Kier molecular flexibility index (Phi) is 5.30. The summed E-state index contributed by atoms with van der Waals surface area (Å²) in [6.07, 6.45) is 5.25. The summed E-state index contributed by atoms with van der Waals surface area (Å²) in [6, 6.07) is 17.8. The van der Waals surface area contributed by atoms with Gasteiger partial charge in [-0.2, -0.15) is 5.10 Å². The zero-order chi connectivity index (χ0) is 19.3. The Balaban J connectivity index is 1.65. The van der Waals surface area contributed by atoms with Gasteiger partial charge < -0.3 is 5.32 Å². The van der Waals surface area contributed by atoms with Crippen LogP contribution < -0.4 is 5.32 Å². The van der Waals surface area contributed by atoms with Gasteiger partial charge in [-0.25, -0.2) is 0 Å². The number of pyridine rings is 1. The highest BCUT2D eigenvalue weighted by molar-refractivity contribution is 7.10. The van der Waals surface area contributed by atoms with Crippen LogP contribution >= 0.6 is 11.3 Å². The van der Waals surface area contributed by atoms with Gasteiger partial charge in [0.1, 0.15) is 5.69 Å². The van der Waals surface area contributed by atoms with E-state index in [1.165, 1.54) is 0 Å². The number of hydrogen-bond acceptors (Lipinski definition) is 4. The van der Waals surface area contributed by atoms with E-state index in [0.717, 1.165) is 16.0 Å². The molecule has 0 saturated heterocycles. The Morgan fingerprint density at radius 3 is 2.71 bits per heavy atom. The second kappa shape index (κ2) is 8.19. The Bertz CT molecular complexity index is 1040. The van der Waals surface area contributed by atoms with E-state index in [9.17, 15) is 4.79 Å².